The second kappa shape index (κ2) is 4.33. The molecule has 2 N–H and O–H groups in total. The molecule has 0 spiro atoms. The van der Waals surface area contributed by atoms with E-state index in [9.17, 15) is 9.36 Å². The predicted octanol–water partition coefficient (Wildman–Crippen LogP) is 0.160. The largest absolute Gasteiger partial charge is 0.381 e. The van der Waals surface area contributed by atoms with Gasteiger partial charge in [0.25, 0.3) is 0 Å². The second-order valence-corrected chi connectivity index (χ2v) is 4.82. The first-order valence-corrected chi connectivity index (χ1v) is 5.94. The smallest absolute Gasteiger partial charge is 0.332 e. The molecule has 1 aliphatic heterocycles. The zero-order valence-electron chi connectivity index (χ0n) is 7.18. The summed E-state index contributed by atoms with van der Waals surface area (Å²) in [5.41, 5.74) is 0. The summed E-state index contributed by atoms with van der Waals surface area (Å²) in [5, 5.41) is 0. The lowest BCUT2D eigenvalue weighted by Gasteiger charge is -2.20. The van der Waals surface area contributed by atoms with Crippen LogP contribution in [0.2, 0.25) is 0 Å². The fourth-order valence-corrected chi connectivity index (χ4v) is 2.02. The molecule has 1 saturated heterocycles. The van der Waals surface area contributed by atoms with Gasteiger partial charge in [0.15, 0.2) is 0 Å². The summed E-state index contributed by atoms with van der Waals surface area (Å²) in [6.07, 6.45) is 0.537. The van der Waals surface area contributed by atoms with Gasteiger partial charge < -0.3 is 14.5 Å². The Morgan fingerprint density at radius 2 is 1.92 bits per heavy atom. The lowest BCUT2D eigenvalue weighted by Crippen LogP contribution is -2.25. The van der Waals surface area contributed by atoms with Crippen molar-refractivity contribution in [2.75, 3.05) is 19.4 Å². The number of ether oxygens (including phenoxy) is 1. The quantitative estimate of drug-likeness (QED) is 0.645. The van der Waals surface area contributed by atoms with Crippen molar-refractivity contribution in [2.45, 2.75) is 12.8 Å². The van der Waals surface area contributed by atoms with E-state index >= 15 is 0 Å². The highest BCUT2D eigenvalue weighted by Crippen LogP contribution is 2.35. The molecule has 0 bridgehead atoms. The molecule has 0 aromatic carbocycles. The maximum atomic E-state index is 11.3. The molecule has 13 heavy (non-hydrogen) atoms. The molecule has 0 aliphatic carbocycles. The minimum Gasteiger partial charge on any atom is -0.381 e. The fourth-order valence-electron chi connectivity index (χ4n) is 1.35. The molecule has 1 heterocycles. The van der Waals surface area contributed by atoms with Crippen LogP contribution in [0.1, 0.15) is 12.8 Å². The molecule has 1 rings (SSSR count). The zero-order valence-corrected chi connectivity index (χ0v) is 8.07. The summed E-state index contributed by atoms with van der Waals surface area (Å²) >= 11 is 0. The van der Waals surface area contributed by atoms with Gasteiger partial charge in [-0.2, -0.15) is 0 Å². The van der Waals surface area contributed by atoms with Crippen molar-refractivity contribution >= 4 is 13.4 Å². The summed E-state index contributed by atoms with van der Waals surface area (Å²) < 4.78 is 15.6. The Morgan fingerprint density at radius 1 is 1.38 bits per heavy atom. The van der Waals surface area contributed by atoms with Crippen molar-refractivity contribution in [1.29, 1.82) is 0 Å². The molecule has 0 amide bonds. The normalized spacial score (nSPS) is 20.2. The lowest BCUT2D eigenvalue weighted by molar-refractivity contribution is -0.123. The Hall–Kier alpha value is -0.220. The van der Waals surface area contributed by atoms with Crippen LogP contribution < -0.4 is 0 Å². The van der Waals surface area contributed by atoms with E-state index in [2.05, 4.69) is 0 Å². The number of hydrogen-bond donors (Lipinski definition) is 2. The van der Waals surface area contributed by atoms with Gasteiger partial charge in [-0.25, -0.2) is 0 Å². The third-order valence-electron chi connectivity index (χ3n) is 2.04. The van der Waals surface area contributed by atoms with Gasteiger partial charge in [0.2, 0.25) is 0 Å². The van der Waals surface area contributed by atoms with Crippen molar-refractivity contribution in [3.8, 4) is 0 Å². The highest BCUT2D eigenvalue weighted by atomic mass is 31.2. The van der Waals surface area contributed by atoms with Crippen LogP contribution in [-0.4, -0.2) is 34.9 Å². The molecule has 76 valence electrons. The van der Waals surface area contributed by atoms with Crippen molar-refractivity contribution in [2.24, 2.45) is 5.92 Å². The molecule has 0 atom stereocenters. The van der Waals surface area contributed by atoms with E-state index in [1.807, 2.05) is 0 Å². The predicted molar refractivity (Wildman–Crippen MR) is 45.5 cm³/mol. The first kappa shape index (κ1) is 10.9. The summed E-state index contributed by atoms with van der Waals surface area (Å²) in [4.78, 5) is 28.4. The first-order chi connectivity index (χ1) is 5.99. The van der Waals surface area contributed by atoms with Crippen LogP contribution in [0.4, 0.5) is 0 Å². The average Bonchev–Trinajstić information content (AvgIpc) is 2.03. The topological polar surface area (TPSA) is 83.8 Å². The monoisotopic (exact) mass is 208 g/mol. The summed E-state index contributed by atoms with van der Waals surface area (Å²) in [6.45, 7) is 1.02. The van der Waals surface area contributed by atoms with E-state index < -0.39 is 13.8 Å². The van der Waals surface area contributed by atoms with E-state index in [0.29, 0.717) is 26.1 Å². The summed E-state index contributed by atoms with van der Waals surface area (Å²) in [5.74, 6) is -0.557. The third kappa shape index (κ3) is 4.00. The van der Waals surface area contributed by atoms with Crippen LogP contribution in [0.25, 0.3) is 0 Å². The van der Waals surface area contributed by atoms with E-state index in [0.717, 1.165) is 0 Å². The van der Waals surface area contributed by atoms with E-state index in [-0.39, 0.29) is 11.7 Å². The van der Waals surface area contributed by atoms with Gasteiger partial charge in [0.05, 0.1) is 0 Å². The minimum absolute atomic E-state index is 0.221. The lowest BCUT2D eigenvalue weighted by atomic mass is 9.96. The molecular formula is C7H13O5P. The Kier molecular flexibility index (Phi) is 3.62. The van der Waals surface area contributed by atoms with Crippen LogP contribution in [0.5, 0.6) is 0 Å². The van der Waals surface area contributed by atoms with Crippen LogP contribution in [0.3, 0.4) is 0 Å². The van der Waals surface area contributed by atoms with Crippen LogP contribution >= 0.6 is 7.60 Å². The average molecular weight is 208 g/mol. The molecule has 0 unspecified atom stereocenters. The third-order valence-corrected chi connectivity index (χ3v) is 2.76. The Balaban J connectivity index is 2.42. The van der Waals surface area contributed by atoms with E-state index in [4.69, 9.17) is 14.5 Å². The number of Topliss-reactive ketones (excluding diaryl/α,β-unsaturated/α-hetero) is 1. The van der Waals surface area contributed by atoms with Gasteiger partial charge in [0, 0.05) is 19.1 Å². The van der Waals surface area contributed by atoms with Gasteiger partial charge >= 0.3 is 7.60 Å². The summed E-state index contributed by atoms with van der Waals surface area (Å²) in [6, 6.07) is 0. The Morgan fingerprint density at radius 3 is 2.38 bits per heavy atom. The Bertz CT molecular complexity index is 227. The van der Waals surface area contributed by atoms with Crippen molar-refractivity contribution in [3.05, 3.63) is 0 Å². The molecule has 5 nitrogen and oxygen atoms in total. The highest BCUT2D eigenvalue weighted by Gasteiger charge is 2.27. The van der Waals surface area contributed by atoms with Crippen molar-refractivity contribution < 1.29 is 23.9 Å². The van der Waals surface area contributed by atoms with Crippen LogP contribution in [0, 0.1) is 5.92 Å². The van der Waals surface area contributed by atoms with Crippen molar-refractivity contribution in [1.82, 2.24) is 0 Å². The van der Waals surface area contributed by atoms with Gasteiger partial charge in [-0.3, -0.25) is 9.36 Å². The standard InChI is InChI=1S/C7H13O5P/c8-7(5-13(9,10)11)6-1-3-12-4-2-6/h6H,1-5H2,(H2,9,10,11). The van der Waals surface area contributed by atoms with Crippen LogP contribution in [-0.2, 0) is 14.1 Å². The first-order valence-electron chi connectivity index (χ1n) is 4.14. The molecule has 1 aliphatic rings. The number of rotatable bonds is 3. The minimum atomic E-state index is -4.18. The van der Waals surface area contributed by atoms with Gasteiger partial charge in [-0.1, -0.05) is 0 Å². The van der Waals surface area contributed by atoms with Crippen LogP contribution in [0.15, 0.2) is 0 Å². The second-order valence-electron chi connectivity index (χ2n) is 3.18. The maximum Gasteiger partial charge on any atom is 0.332 e. The zero-order chi connectivity index (χ0) is 9.90. The molecular weight excluding hydrogens is 195 g/mol. The number of carbonyl (C=O) groups excluding carboxylic acids is 1. The molecule has 0 radical (unpaired) electrons. The molecule has 0 aromatic heterocycles. The summed E-state index contributed by atoms with van der Waals surface area (Å²) in [7, 11) is -4.18. The number of hydrogen-bond acceptors (Lipinski definition) is 3. The Labute approximate surface area is 76.2 Å². The number of carbonyl (C=O) groups is 1. The number of ketones is 1. The molecule has 0 aromatic rings. The maximum absolute atomic E-state index is 11.3. The highest BCUT2D eigenvalue weighted by molar-refractivity contribution is 7.52. The van der Waals surface area contributed by atoms with E-state index in [1.54, 1.807) is 0 Å². The SMILES string of the molecule is O=C(CP(=O)(O)O)C1CCOCC1. The fraction of sp³-hybridized carbons (Fsp3) is 0.857. The molecule has 1 fully saturated rings. The van der Waals surface area contributed by atoms with E-state index in [1.165, 1.54) is 0 Å². The van der Waals surface area contributed by atoms with Gasteiger partial charge in [-0.15, -0.1) is 0 Å². The van der Waals surface area contributed by atoms with Gasteiger partial charge in [0.1, 0.15) is 11.9 Å². The molecule has 6 heteroatoms. The van der Waals surface area contributed by atoms with Crippen molar-refractivity contribution in [3.63, 3.8) is 0 Å². The van der Waals surface area contributed by atoms with Gasteiger partial charge in [-0.05, 0) is 12.8 Å². The molecule has 0 saturated carbocycles.